The van der Waals surface area contributed by atoms with E-state index in [1.54, 1.807) is 0 Å². The molecule has 5 heteroatoms. The van der Waals surface area contributed by atoms with Gasteiger partial charge in [-0.05, 0) is 68.2 Å². The van der Waals surface area contributed by atoms with Crippen molar-refractivity contribution in [3.63, 3.8) is 0 Å². The fraction of sp³-hybridized carbons (Fsp3) is 0.700. The van der Waals surface area contributed by atoms with Crippen LogP contribution in [0.15, 0.2) is 24.3 Å². The van der Waals surface area contributed by atoms with Crippen LogP contribution in [0, 0.1) is 11.3 Å². The first kappa shape index (κ1) is 18.4. The van der Waals surface area contributed by atoms with Gasteiger partial charge in [-0.15, -0.1) is 0 Å². The van der Waals surface area contributed by atoms with Crippen molar-refractivity contribution in [2.24, 2.45) is 11.3 Å². The van der Waals surface area contributed by atoms with E-state index in [-0.39, 0.29) is 12.8 Å². The summed E-state index contributed by atoms with van der Waals surface area (Å²) in [6.07, 6.45) is 1.23. The second-order valence-electron chi connectivity index (χ2n) is 8.43. The number of piperidine rings is 1. The molecule has 2 fully saturated rings. The van der Waals surface area contributed by atoms with E-state index in [1.807, 2.05) is 12.1 Å². The van der Waals surface area contributed by atoms with Crippen LogP contribution in [0.3, 0.4) is 0 Å². The van der Waals surface area contributed by atoms with E-state index in [0.717, 1.165) is 11.4 Å². The molecular formula is C20H29F3N2. The summed E-state index contributed by atoms with van der Waals surface area (Å²) in [5, 5.41) is 3.61. The van der Waals surface area contributed by atoms with Crippen LogP contribution in [-0.4, -0.2) is 25.3 Å². The van der Waals surface area contributed by atoms with E-state index in [0.29, 0.717) is 24.5 Å². The highest BCUT2D eigenvalue weighted by Crippen LogP contribution is 2.37. The minimum Gasteiger partial charge on any atom is -0.382 e. The van der Waals surface area contributed by atoms with E-state index < -0.39 is 12.1 Å². The number of anilines is 2. The van der Waals surface area contributed by atoms with Gasteiger partial charge in [-0.1, -0.05) is 13.8 Å². The molecule has 2 nitrogen and oxygen atoms in total. The van der Waals surface area contributed by atoms with Crippen molar-refractivity contribution in [2.45, 2.75) is 64.6 Å². The first-order valence-electron chi connectivity index (χ1n) is 9.41. The Morgan fingerprint density at radius 2 is 1.52 bits per heavy atom. The van der Waals surface area contributed by atoms with Gasteiger partial charge in [-0.25, -0.2) is 0 Å². The van der Waals surface area contributed by atoms with Crippen LogP contribution in [-0.2, 0) is 0 Å². The number of rotatable bonds is 3. The van der Waals surface area contributed by atoms with Crippen LogP contribution in [0.1, 0.15) is 52.4 Å². The predicted octanol–water partition coefficient (Wildman–Crippen LogP) is 5.85. The molecule has 25 heavy (non-hydrogen) atoms. The third-order valence-electron chi connectivity index (χ3n) is 5.90. The number of nitrogens with one attached hydrogen (secondary N) is 1. The van der Waals surface area contributed by atoms with Crippen LogP contribution in [0.2, 0.25) is 0 Å². The lowest BCUT2D eigenvalue weighted by Gasteiger charge is -2.35. The first-order valence-corrected chi connectivity index (χ1v) is 9.41. The second-order valence-corrected chi connectivity index (χ2v) is 8.43. The predicted molar refractivity (Wildman–Crippen MR) is 97.1 cm³/mol. The van der Waals surface area contributed by atoms with Crippen molar-refractivity contribution in [1.82, 2.24) is 0 Å². The Morgan fingerprint density at radius 1 is 0.960 bits per heavy atom. The summed E-state index contributed by atoms with van der Waals surface area (Å²) in [4.78, 5) is 2.06. The van der Waals surface area contributed by atoms with Crippen molar-refractivity contribution >= 4 is 11.4 Å². The van der Waals surface area contributed by atoms with Crippen LogP contribution >= 0.6 is 0 Å². The zero-order chi connectivity index (χ0) is 18.1. The molecule has 1 saturated heterocycles. The van der Waals surface area contributed by atoms with E-state index in [1.165, 1.54) is 25.7 Å². The topological polar surface area (TPSA) is 15.3 Å². The summed E-state index contributed by atoms with van der Waals surface area (Å²) in [5.41, 5.74) is 2.60. The zero-order valence-corrected chi connectivity index (χ0v) is 15.2. The highest BCUT2D eigenvalue weighted by molar-refractivity contribution is 5.55. The van der Waals surface area contributed by atoms with Gasteiger partial charge in [0.25, 0.3) is 0 Å². The number of hydrogen-bond donors (Lipinski definition) is 1. The Kier molecular flexibility index (Phi) is 5.21. The average Bonchev–Trinajstić information content (AvgIpc) is 2.57. The van der Waals surface area contributed by atoms with E-state index in [9.17, 15) is 13.2 Å². The fourth-order valence-electron chi connectivity index (χ4n) is 4.01. The minimum atomic E-state index is -4.05. The third-order valence-corrected chi connectivity index (χ3v) is 5.90. The molecule has 140 valence electrons. The number of nitrogens with zero attached hydrogens (tertiary/aromatic N) is 1. The van der Waals surface area contributed by atoms with Crippen molar-refractivity contribution in [1.29, 1.82) is 0 Å². The molecule has 1 aliphatic heterocycles. The molecule has 1 aliphatic carbocycles. The summed E-state index contributed by atoms with van der Waals surface area (Å²) in [6.45, 7) is 5.63. The summed E-state index contributed by atoms with van der Waals surface area (Å²) in [6, 6.07) is 8.71. The molecule has 0 amide bonds. The number of benzene rings is 1. The van der Waals surface area contributed by atoms with Crippen molar-refractivity contribution in [2.75, 3.05) is 23.3 Å². The van der Waals surface area contributed by atoms with Crippen LogP contribution in [0.25, 0.3) is 0 Å². The highest BCUT2D eigenvalue weighted by Gasteiger charge is 2.41. The Balaban J connectivity index is 1.51. The third kappa shape index (κ3) is 4.83. The van der Waals surface area contributed by atoms with Crippen molar-refractivity contribution in [3.05, 3.63) is 24.3 Å². The molecule has 0 spiro atoms. The maximum Gasteiger partial charge on any atom is 0.391 e. The summed E-state index contributed by atoms with van der Waals surface area (Å²) < 4.78 is 38.3. The smallest absolute Gasteiger partial charge is 0.382 e. The van der Waals surface area contributed by atoms with E-state index in [2.05, 4.69) is 36.2 Å². The van der Waals surface area contributed by atoms with Gasteiger partial charge in [-0.3, -0.25) is 0 Å². The Labute approximate surface area is 148 Å². The normalized spacial score (nSPS) is 22.8. The second kappa shape index (κ2) is 7.08. The molecular weight excluding hydrogens is 325 g/mol. The average molecular weight is 354 g/mol. The van der Waals surface area contributed by atoms with Gasteiger partial charge in [-0.2, -0.15) is 13.2 Å². The molecule has 0 aromatic heterocycles. The largest absolute Gasteiger partial charge is 0.391 e. The lowest BCUT2D eigenvalue weighted by molar-refractivity contribution is -0.179. The lowest BCUT2D eigenvalue weighted by Crippen LogP contribution is -2.39. The van der Waals surface area contributed by atoms with E-state index >= 15 is 0 Å². The number of alkyl halides is 3. The molecule has 0 atom stereocenters. The van der Waals surface area contributed by atoms with Gasteiger partial charge in [0.1, 0.15) is 0 Å². The highest BCUT2D eigenvalue weighted by atomic mass is 19.4. The molecule has 0 radical (unpaired) electrons. The molecule has 1 saturated carbocycles. The van der Waals surface area contributed by atoms with Crippen LogP contribution < -0.4 is 10.2 Å². The molecule has 1 aromatic rings. The van der Waals surface area contributed by atoms with Gasteiger partial charge >= 0.3 is 6.18 Å². The molecule has 3 rings (SSSR count). The molecule has 1 N–H and O–H groups in total. The zero-order valence-electron chi connectivity index (χ0n) is 15.2. The van der Waals surface area contributed by atoms with Gasteiger partial charge < -0.3 is 10.2 Å². The first-order chi connectivity index (χ1) is 11.7. The van der Waals surface area contributed by atoms with Gasteiger partial charge in [0.2, 0.25) is 0 Å². The summed E-state index contributed by atoms with van der Waals surface area (Å²) in [5.74, 6) is -1.14. The Morgan fingerprint density at radius 3 is 2.04 bits per heavy atom. The van der Waals surface area contributed by atoms with Gasteiger partial charge in [0, 0.05) is 30.5 Å². The molecule has 1 aromatic carbocycles. The molecule has 0 unspecified atom stereocenters. The fourth-order valence-corrected chi connectivity index (χ4v) is 4.01. The van der Waals surface area contributed by atoms with E-state index in [4.69, 9.17) is 0 Å². The van der Waals surface area contributed by atoms with Gasteiger partial charge in [0.05, 0.1) is 5.92 Å². The number of hydrogen-bond acceptors (Lipinski definition) is 2. The Bertz CT molecular complexity index is 547. The van der Waals surface area contributed by atoms with Crippen molar-refractivity contribution in [3.8, 4) is 0 Å². The summed E-state index contributed by atoms with van der Waals surface area (Å²) in [7, 11) is 0. The molecule has 1 heterocycles. The SMILES string of the molecule is CC1(C)CCC(Nc2ccc(N3CCC(C(F)(F)F)CC3)cc2)CC1. The minimum absolute atomic E-state index is 0.196. The summed E-state index contributed by atoms with van der Waals surface area (Å²) >= 11 is 0. The standard InChI is InChI=1S/C20H29F3N2/c1-19(2)11-7-17(8-12-19)24-16-3-5-18(6-4-16)25-13-9-15(10-14-25)20(21,22)23/h3-6,15,17,24H,7-14H2,1-2H3. The number of halogens is 3. The maximum absolute atomic E-state index is 12.8. The maximum atomic E-state index is 12.8. The lowest BCUT2D eigenvalue weighted by atomic mass is 9.75. The van der Waals surface area contributed by atoms with Crippen LogP contribution in [0.4, 0.5) is 24.5 Å². The van der Waals surface area contributed by atoms with Gasteiger partial charge in [0.15, 0.2) is 0 Å². The monoisotopic (exact) mass is 354 g/mol. The molecule has 0 bridgehead atoms. The Hall–Kier alpha value is -1.39. The molecule has 2 aliphatic rings. The van der Waals surface area contributed by atoms with Crippen LogP contribution in [0.5, 0.6) is 0 Å². The van der Waals surface area contributed by atoms with Crippen molar-refractivity contribution < 1.29 is 13.2 Å². The quantitative estimate of drug-likeness (QED) is 0.733.